The summed E-state index contributed by atoms with van der Waals surface area (Å²) in [5, 5.41) is 8.78. The quantitative estimate of drug-likeness (QED) is 0.638. The molecule has 0 aliphatic rings. The molecule has 0 unspecified atom stereocenters. The van der Waals surface area contributed by atoms with E-state index in [1.165, 1.54) is 0 Å². The molecule has 19 heavy (non-hydrogen) atoms. The first-order valence-corrected chi connectivity index (χ1v) is 6.58. The van der Waals surface area contributed by atoms with Crippen molar-refractivity contribution in [2.24, 2.45) is 5.73 Å². The van der Waals surface area contributed by atoms with Gasteiger partial charge in [-0.1, -0.05) is 31.5 Å². The molecule has 100 valence electrons. The van der Waals surface area contributed by atoms with Crippen LogP contribution in [-0.2, 0) is 0 Å². The fraction of sp³-hybridized carbons (Fsp3) is 0.333. The minimum absolute atomic E-state index is 0.0663. The molecule has 4 nitrogen and oxygen atoms in total. The molecule has 1 aromatic carbocycles. The van der Waals surface area contributed by atoms with E-state index < -0.39 is 0 Å². The third-order valence-corrected chi connectivity index (χ3v) is 3.27. The first kappa shape index (κ1) is 13.3. The molecule has 0 bridgehead atoms. The van der Waals surface area contributed by atoms with Gasteiger partial charge in [-0.05, 0) is 12.5 Å². The average molecular weight is 256 g/mol. The van der Waals surface area contributed by atoms with Crippen LogP contribution in [0.3, 0.4) is 0 Å². The summed E-state index contributed by atoms with van der Waals surface area (Å²) in [6.07, 6.45) is 3.95. The number of nitrogens with zero attached hydrogens (tertiary/aromatic N) is 2. The molecule has 0 amide bonds. The molecule has 2 rings (SSSR count). The predicted octanol–water partition coefficient (Wildman–Crippen LogP) is 2.76. The van der Waals surface area contributed by atoms with Crippen molar-refractivity contribution in [1.29, 1.82) is 5.41 Å². The molecular weight excluding hydrogens is 236 g/mol. The number of hydrogen-bond donors (Lipinski definition) is 2. The summed E-state index contributed by atoms with van der Waals surface area (Å²) in [6, 6.07) is 7.98. The number of fused-ring (bicyclic) bond motifs is 1. The number of aromatic nitrogens is 1. The molecule has 3 N–H and O–H groups in total. The Balaban J connectivity index is 2.58. The number of pyridine rings is 1. The number of unbranched alkanes of at least 4 members (excludes halogenated alkanes) is 1. The highest BCUT2D eigenvalue weighted by atomic mass is 15.1. The van der Waals surface area contributed by atoms with Gasteiger partial charge in [-0.2, -0.15) is 0 Å². The maximum atomic E-state index is 7.73. The van der Waals surface area contributed by atoms with Crippen LogP contribution in [0, 0.1) is 5.41 Å². The lowest BCUT2D eigenvalue weighted by molar-refractivity contribution is 0.767. The third kappa shape index (κ3) is 2.67. The molecular formula is C15H20N4. The molecule has 1 aromatic heterocycles. The van der Waals surface area contributed by atoms with Gasteiger partial charge in [0.1, 0.15) is 5.84 Å². The maximum Gasteiger partial charge on any atom is 0.126 e. The van der Waals surface area contributed by atoms with Crippen molar-refractivity contribution in [3.63, 3.8) is 0 Å². The summed E-state index contributed by atoms with van der Waals surface area (Å²) in [6.45, 7) is 3.12. The summed E-state index contributed by atoms with van der Waals surface area (Å²) < 4.78 is 0. The Morgan fingerprint density at radius 2 is 2.11 bits per heavy atom. The van der Waals surface area contributed by atoms with Crippen molar-refractivity contribution < 1.29 is 0 Å². The van der Waals surface area contributed by atoms with Crippen molar-refractivity contribution >= 4 is 22.4 Å². The Morgan fingerprint density at radius 1 is 1.37 bits per heavy atom. The van der Waals surface area contributed by atoms with Crippen LogP contribution < -0.4 is 10.6 Å². The highest BCUT2D eigenvalue weighted by Crippen LogP contribution is 2.28. The predicted molar refractivity (Wildman–Crippen MR) is 80.9 cm³/mol. The standard InChI is InChI=1S/C15H20N4/c1-3-4-9-19(2)14-11-7-5-6-8-13(11)18-10-12(14)15(16)17/h5-8,10H,3-4,9H2,1-2H3,(H3,16,17). The van der Waals surface area contributed by atoms with E-state index in [1.807, 2.05) is 31.3 Å². The van der Waals surface area contributed by atoms with Gasteiger partial charge in [-0.15, -0.1) is 0 Å². The van der Waals surface area contributed by atoms with E-state index in [-0.39, 0.29) is 5.84 Å². The van der Waals surface area contributed by atoms with E-state index >= 15 is 0 Å². The van der Waals surface area contributed by atoms with Crippen molar-refractivity contribution in [3.05, 3.63) is 36.0 Å². The van der Waals surface area contributed by atoms with Crippen LogP contribution in [0.2, 0.25) is 0 Å². The molecule has 0 saturated heterocycles. The number of amidine groups is 1. The number of hydrogen-bond acceptors (Lipinski definition) is 3. The lowest BCUT2D eigenvalue weighted by Gasteiger charge is -2.23. The highest BCUT2D eigenvalue weighted by molar-refractivity contribution is 6.07. The van der Waals surface area contributed by atoms with Crippen LogP contribution in [0.5, 0.6) is 0 Å². The van der Waals surface area contributed by atoms with E-state index in [0.29, 0.717) is 5.56 Å². The van der Waals surface area contributed by atoms with Crippen LogP contribution in [0.4, 0.5) is 5.69 Å². The van der Waals surface area contributed by atoms with E-state index in [9.17, 15) is 0 Å². The Morgan fingerprint density at radius 3 is 2.79 bits per heavy atom. The van der Waals surface area contributed by atoms with E-state index in [2.05, 4.69) is 16.8 Å². The number of nitrogens with one attached hydrogen (secondary N) is 1. The van der Waals surface area contributed by atoms with Gasteiger partial charge >= 0.3 is 0 Å². The van der Waals surface area contributed by atoms with Gasteiger partial charge in [0.05, 0.1) is 16.8 Å². The normalized spacial score (nSPS) is 10.6. The summed E-state index contributed by atoms with van der Waals surface area (Å²) in [4.78, 5) is 6.55. The number of para-hydroxylation sites is 1. The lowest BCUT2D eigenvalue weighted by atomic mass is 10.1. The number of rotatable bonds is 5. The van der Waals surface area contributed by atoms with Gasteiger partial charge in [-0.3, -0.25) is 10.4 Å². The second kappa shape index (κ2) is 5.69. The highest BCUT2D eigenvalue weighted by Gasteiger charge is 2.14. The van der Waals surface area contributed by atoms with Gasteiger partial charge in [0.25, 0.3) is 0 Å². The fourth-order valence-electron chi connectivity index (χ4n) is 2.24. The zero-order valence-corrected chi connectivity index (χ0v) is 11.5. The molecule has 1 heterocycles. The average Bonchev–Trinajstić information content (AvgIpc) is 2.43. The molecule has 0 aliphatic heterocycles. The Labute approximate surface area is 113 Å². The Hall–Kier alpha value is -2.10. The molecule has 0 radical (unpaired) electrons. The largest absolute Gasteiger partial charge is 0.384 e. The molecule has 0 saturated carbocycles. The van der Waals surface area contributed by atoms with Crippen LogP contribution in [0.25, 0.3) is 10.9 Å². The summed E-state index contributed by atoms with van der Waals surface area (Å²) in [5.74, 6) is 0.0663. The van der Waals surface area contributed by atoms with Crippen molar-refractivity contribution in [2.45, 2.75) is 19.8 Å². The van der Waals surface area contributed by atoms with E-state index in [1.54, 1.807) is 6.20 Å². The molecule has 0 aliphatic carbocycles. The van der Waals surface area contributed by atoms with Crippen LogP contribution in [0.1, 0.15) is 25.3 Å². The number of nitrogens with two attached hydrogens (primary N) is 1. The minimum atomic E-state index is 0.0663. The summed E-state index contributed by atoms with van der Waals surface area (Å²) >= 11 is 0. The lowest BCUT2D eigenvalue weighted by Crippen LogP contribution is -2.24. The van der Waals surface area contributed by atoms with Gasteiger partial charge in [0.15, 0.2) is 0 Å². The molecule has 0 atom stereocenters. The first-order valence-electron chi connectivity index (χ1n) is 6.58. The van der Waals surface area contributed by atoms with Crippen molar-refractivity contribution in [2.75, 3.05) is 18.5 Å². The molecule has 2 aromatic rings. The third-order valence-electron chi connectivity index (χ3n) is 3.27. The molecule has 0 spiro atoms. The van der Waals surface area contributed by atoms with E-state index in [4.69, 9.17) is 11.1 Å². The fourth-order valence-corrected chi connectivity index (χ4v) is 2.24. The SMILES string of the molecule is CCCCN(C)c1c(C(=N)N)cnc2ccccc12. The summed E-state index contributed by atoms with van der Waals surface area (Å²) in [7, 11) is 2.05. The van der Waals surface area contributed by atoms with Crippen molar-refractivity contribution in [3.8, 4) is 0 Å². The van der Waals surface area contributed by atoms with Gasteiger partial charge in [-0.25, -0.2) is 0 Å². The maximum absolute atomic E-state index is 7.73. The second-order valence-electron chi connectivity index (χ2n) is 4.73. The van der Waals surface area contributed by atoms with Crippen LogP contribution >= 0.6 is 0 Å². The number of anilines is 1. The second-order valence-corrected chi connectivity index (χ2v) is 4.73. The van der Waals surface area contributed by atoms with E-state index in [0.717, 1.165) is 36.0 Å². The summed E-state index contributed by atoms with van der Waals surface area (Å²) in [5.41, 5.74) is 8.34. The zero-order chi connectivity index (χ0) is 13.8. The minimum Gasteiger partial charge on any atom is -0.384 e. The Bertz CT molecular complexity index is 592. The van der Waals surface area contributed by atoms with Gasteiger partial charge in [0.2, 0.25) is 0 Å². The smallest absolute Gasteiger partial charge is 0.126 e. The number of benzene rings is 1. The topological polar surface area (TPSA) is 66.0 Å². The monoisotopic (exact) mass is 256 g/mol. The van der Waals surface area contributed by atoms with Gasteiger partial charge in [0, 0.05) is 25.2 Å². The van der Waals surface area contributed by atoms with Crippen LogP contribution in [0.15, 0.2) is 30.5 Å². The van der Waals surface area contributed by atoms with Crippen molar-refractivity contribution in [1.82, 2.24) is 4.98 Å². The molecule has 0 fully saturated rings. The van der Waals surface area contributed by atoms with Crippen LogP contribution in [-0.4, -0.2) is 24.4 Å². The number of nitrogen functional groups attached to an aromatic ring is 1. The molecule has 4 heteroatoms. The first-order chi connectivity index (χ1) is 9.15. The van der Waals surface area contributed by atoms with Gasteiger partial charge < -0.3 is 10.6 Å². The zero-order valence-electron chi connectivity index (χ0n) is 11.5. The Kier molecular flexibility index (Phi) is 4.00.